The number of hydrogen-bond donors (Lipinski definition) is 0. The Kier molecular flexibility index (Phi) is 4.65. The van der Waals surface area contributed by atoms with Gasteiger partial charge in [0.25, 0.3) is 5.91 Å². The van der Waals surface area contributed by atoms with Crippen molar-refractivity contribution in [2.24, 2.45) is 0 Å². The van der Waals surface area contributed by atoms with Gasteiger partial charge in [0.05, 0.1) is 12.6 Å². The fraction of sp³-hybridized carbons (Fsp3) is 0.444. The lowest BCUT2D eigenvalue weighted by Crippen LogP contribution is -2.26. The topological polar surface area (TPSA) is 55.6 Å². The van der Waals surface area contributed by atoms with Gasteiger partial charge >= 0.3 is 0 Å². The Bertz CT molecular complexity index is 657. The molecule has 0 bridgehead atoms. The van der Waals surface area contributed by atoms with E-state index in [0.29, 0.717) is 18.2 Å². The van der Waals surface area contributed by atoms with Gasteiger partial charge in [-0.3, -0.25) is 4.79 Å². The summed E-state index contributed by atoms with van der Waals surface area (Å²) in [7, 11) is 1.76. The van der Waals surface area contributed by atoms with Crippen molar-refractivity contribution in [1.29, 1.82) is 0 Å². The van der Waals surface area contributed by atoms with Crippen LogP contribution in [0.5, 0.6) is 5.75 Å². The van der Waals surface area contributed by atoms with E-state index in [-0.39, 0.29) is 5.91 Å². The van der Waals surface area contributed by atoms with Crippen LogP contribution in [0.4, 0.5) is 0 Å². The van der Waals surface area contributed by atoms with Crippen molar-refractivity contribution >= 4 is 5.91 Å². The molecule has 0 saturated heterocycles. The van der Waals surface area contributed by atoms with Gasteiger partial charge in [0.15, 0.2) is 0 Å². The molecule has 0 radical (unpaired) electrons. The normalized spacial score (nSPS) is 14.9. The minimum Gasteiger partial charge on any atom is -0.490 e. The molecule has 23 heavy (non-hydrogen) atoms. The molecule has 1 fully saturated rings. The molecule has 0 aliphatic heterocycles. The molecule has 2 aromatic rings. The molecule has 1 aliphatic carbocycles. The summed E-state index contributed by atoms with van der Waals surface area (Å²) in [5.74, 6) is 1.54. The first-order chi connectivity index (χ1) is 11.1. The van der Waals surface area contributed by atoms with Crippen LogP contribution in [0.1, 0.15) is 47.5 Å². The Morgan fingerprint density at radius 2 is 2.00 bits per heavy atom. The van der Waals surface area contributed by atoms with Gasteiger partial charge in [0.1, 0.15) is 17.2 Å². The number of ether oxygens (including phenoxy) is 1. The molecule has 1 aromatic carbocycles. The number of aryl methyl sites for hydroxylation is 1. The third-order valence-electron chi connectivity index (χ3n) is 4.13. The maximum atomic E-state index is 12.4. The van der Waals surface area contributed by atoms with Gasteiger partial charge in [-0.25, -0.2) is 0 Å². The Balaban J connectivity index is 1.60. The smallest absolute Gasteiger partial charge is 0.253 e. The Labute approximate surface area is 136 Å². The molecule has 5 nitrogen and oxygen atoms in total. The standard InChI is InChI=1S/C18H22N2O3/c1-13-11-15(19-23-13)12-20(2)18(21)14-7-9-17(10-8-14)22-16-5-3-4-6-16/h7-11,16H,3-6,12H2,1-2H3. The first-order valence-corrected chi connectivity index (χ1v) is 8.06. The van der Waals surface area contributed by atoms with Crippen LogP contribution in [-0.2, 0) is 6.54 Å². The number of aromatic nitrogens is 1. The van der Waals surface area contributed by atoms with E-state index >= 15 is 0 Å². The molecule has 0 N–H and O–H groups in total. The highest BCUT2D eigenvalue weighted by Gasteiger charge is 2.17. The van der Waals surface area contributed by atoms with Crippen LogP contribution in [0, 0.1) is 6.92 Å². The third-order valence-corrected chi connectivity index (χ3v) is 4.13. The molecule has 3 rings (SSSR count). The molecule has 1 aromatic heterocycles. The van der Waals surface area contributed by atoms with Crippen molar-refractivity contribution in [3.05, 3.63) is 47.3 Å². The third kappa shape index (κ3) is 3.92. The number of amides is 1. The summed E-state index contributed by atoms with van der Waals surface area (Å²) >= 11 is 0. The average molecular weight is 314 g/mol. The Morgan fingerprint density at radius 1 is 1.30 bits per heavy atom. The molecule has 1 heterocycles. The van der Waals surface area contributed by atoms with Gasteiger partial charge in [-0.1, -0.05) is 5.16 Å². The quantitative estimate of drug-likeness (QED) is 0.846. The predicted octanol–water partition coefficient (Wildman–Crippen LogP) is 3.58. The summed E-state index contributed by atoms with van der Waals surface area (Å²) in [5.41, 5.74) is 1.39. The average Bonchev–Trinajstić information content (AvgIpc) is 3.19. The zero-order valence-electron chi connectivity index (χ0n) is 13.6. The lowest BCUT2D eigenvalue weighted by atomic mass is 10.2. The van der Waals surface area contributed by atoms with Crippen LogP contribution in [0.15, 0.2) is 34.9 Å². The minimum atomic E-state index is -0.0435. The van der Waals surface area contributed by atoms with Gasteiger partial charge in [0.2, 0.25) is 0 Å². The Morgan fingerprint density at radius 3 is 2.61 bits per heavy atom. The number of benzene rings is 1. The lowest BCUT2D eigenvalue weighted by molar-refractivity contribution is 0.0782. The molecule has 1 aliphatic rings. The van der Waals surface area contributed by atoms with Crippen molar-refractivity contribution in [3.8, 4) is 5.75 Å². The van der Waals surface area contributed by atoms with Crippen molar-refractivity contribution in [3.63, 3.8) is 0 Å². The zero-order chi connectivity index (χ0) is 16.2. The molecule has 122 valence electrons. The number of carbonyl (C=O) groups is 1. The summed E-state index contributed by atoms with van der Waals surface area (Å²) in [5, 5.41) is 3.91. The second-order valence-corrected chi connectivity index (χ2v) is 6.14. The molecular formula is C18H22N2O3. The van der Waals surface area contributed by atoms with Crippen molar-refractivity contribution < 1.29 is 14.1 Å². The summed E-state index contributed by atoms with van der Waals surface area (Å²) in [6.07, 6.45) is 5.07. The molecule has 0 unspecified atom stereocenters. The van der Waals surface area contributed by atoms with Crippen molar-refractivity contribution in [2.75, 3.05) is 7.05 Å². The maximum absolute atomic E-state index is 12.4. The number of rotatable bonds is 5. The van der Waals surface area contributed by atoms with Crippen molar-refractivity contribution in [1.82, 2.24) is 10.1 Å². The van der Waals surface area contributed by atoms with E-state index in [2.05, 4.69) is 5.16 Å². The van der Waals surface area contributed by atoms with Crippen LogP contribution in [0.25, 0.3) is 0 Å². The Hall–Kier alpha value is -2.30. The fourth-order valence-electron chi connectivity index (χ4n) is 2.90. The summed E-state index contributed by atoms with van der Waals surface area (Å²) in [4.78, 5) is 14.1. The molecule has 5 heteroatoms. The first-order valence-electron chi connectivity index (χ1n) is 8.06. The van der Waals surface area contributed by atoms with E-state index in [4.69, 9.17) is 9.26 Å². The summed E-state index contributed by atoms with van der Waals surface area (Å²) in [6.45, 7) is 2.26. The van der Waals surface area contributed by atoms with E-state index in [1.807, 2.05) is 37.3 Å². The predicted molar refractivity (Wildman–Crippen MR) is 86.4 cm³/mol. The van der Waals surface area contributed by atoms with Crippen LogP contribution in [0.3, 0.4) is 0 Å². The van der Waals surface area contributed by atoms with Crippen LogP contribution in [-0.4, -0.2) is 29.1 Å². The van der Waals surface area contributed by atoms with Gasteiger partial charge < -0.3 is 14.2 Å². The minimum absolute atomic E-state index is 0.0435. The van der Waals surface area contributed by atoms with E-state index < -0.39 is 0 Å². The van der Waals surface area contributed by atoms with Crippen molar-refractivity contribution in [2.45, 2.75) is 45.3 Å². The zero-order valence-corrected chi connectivity index (χ0v) is 13.6. The SMILES string of the molecule is Cc1cc(CN(C)C(=O)c2ccc(OC3CCCC3)cc2)no1. The molecular weight excluding hydrogens is 292 g/mol. The van der Waals surface area contributed by atoms with E-state index in [1.54, 1.807) is 11.9 Å². The number of nitrogens with zero attached hydrogens (tertiary/aromatic N) is 2. The molecule has 0 spiro atoms. The first kappa shape index (κ1) is 15.6. The van der Waals surface area contributed by atoms with E-state index in [0.717, 1.165) is 30.0 Å². The van der Waals surface area contributed by atoms with E-state index in [1.165, 1.54) is 12.8 Å². The fourth-order valence-corrected chi connectivity index (χ4v) is 2.90. The van der Waals surface area contributed by atoms with Gasteiger partial charge in [-0.2, -0.15) is 0 Å². The van der Waals surface area contributed by atoms with Gasteiger partial charge in [-0.15, -0.1) is 0 Å². The van der Waals surface area contributed by atoms with Crippen LogP contribution < -0.4 is 4.74 Å². The van der Waals surface area contributed by atoms with Crippen LogP contribution >= 0.6 is 0 Å². The maximum Gasteiger partial charge on any atom is 0.253 e. The summed E-state index contributed by atoms with van der Waals surface area (Å²) in [6, 6.07) is 9.22. The van der Waals surface area contributed by atoms with Gasteiger partial charge in [0, 0.05) is 18.7 Å². The number of hydrogen-bond acceptors (Lipinski definition) is 4. The second-order valence-electron chi connectivity index (χ2n) is 6.14. The second kappa shape index (κ2) is 6.86. The van der Waals surface area contributed by atoms with Crippen LogP contribution in [0.2, 0.25) is 0 Å². The summed E-state index contributed by atoms with van der Waals surface area (Å²) < 4.78 is 10.9. The number of carbonyl (C=O) groups excluding carboxylic acids is 1. The highest BCUT2D eigenvalue weighted by atomic mass is 16.5. The lowest BCUT2D eigenvalue weighted by Gasteiger charge is -2.16. The largest absolute Gasteiger partial charge is 0.490 e. The van der Waals surface area contributed by atoms with Gasteiger partial charge in [-0.05, 0) is 56.9 Å². The van der Waals surface area contributed by atoms with E-state index in [9.17, 15) is 4.79 Å². The highest BCUT2D eigenvalue weighted by molar-refractivity contribution is 5.94. The molecule has 0 atom stereocenters. The monoisotopic (exact) mass is 314 g/mol. The molecule has 1 amide bonds. The molecule has 1 saturated carbocycles. The highest BCUT2D eigenvalue weighted by Crippen LogP contribution is 2.24.